The third-order valence-electron chi connectivity index (χ3n) is 4.06. The molecule has 0 bridgehead atoms. The molecule has 0 radical (unpaired) electrons. The van der Waals surface area contributed by atoms with Crippen LogP contribution in [0.1, 0.15) is 38.7 Å². The molecule has 1 aromatic rings. The van der Waals surface area contributed by atoms with Crippen molar-refractivity contribution in [2.75, 3.05) is 18.0 Å². The minimum Gasteiger partial charge on any atom is -0.369 e. The summed E-state index contributed by atoms with van der Waals surface area (Å²) in [5.41, 5.74) is 0.102. The van der Waals surface area contributed by atoms with Crippen LogP contribution in [0.4, 0.5) is 18.9 Å². The van der Waals surface area contributed by atoms with Crippen molar-refractivity contribution >= 4 is 5.69 Å². The van der Waals surface area contributed by atoms with E-state index in [1.807, 2.05) is 0 Å². The van der Waals surface area contributed by atoms with E-state index < -0.39 is 11.7 Å². The normalized spacial score (nSPS) is 23.4. The van der Waals surface area contributed by atoms with Crippen LogP contribution in [0.2, 0.25) is 0 Å². The van der Waals surface area contributed by atoms with Crippen molar-refractivity contribution < 1.29 is 13.2 Å². The average Bonchev–Trinajstić information content (AvgIpc) is 2.44. The summed E-state index contributed by atoms with van der Waals surface area (Å²) in [5, 5.41) is 3.50. The predicted molar refractivity (Wildman–Crippen MR) is 79.6 cm³/mol. The largest absolute Gasteiger partial charge is 0.416 e. The maximum absolute atomic E-state index is 12.8. The van der Waals surface area contributed by atoms with Gasteiger partial charge in [-0.2, -0.15) is 13.2 Å². The first-order valence-electron chi connectivity index (χ1n) is 7.59. The molecule has 1 fully saturated rings. The van der Waals surface area contributed by atoms with Crippen molar-refractivity contribution in [2.45, 2.75) is 51.4 Å². The lowest BCUT2D eigenvalue weighted by molar-refractivity contribution is -0.137. The highest BCUT2D eigenvalue weighted by Gasteiger charge is 2.32. The van der Waals surface area contributed by atoms with Crippen molar-refractivity contribution in [3.63, 3.8) is 0 Å². The van der Waals surface area contributed by atoms with Gasteiger partial charge in [0.2, 0.25) is 0 Å². The Morgan fingerprint density at radius 1 is 1.33 bits per heavy atom. The fourth-order valence-corrected chi connectivity index (χ4v) is 2.95. The fourth-order valence-electron chi connectivity index (χ4n) is 2.95. The Morgan fingerprint density at radius 3 is 2.71 bits per heavy atom. The van der Waals surface area contributed by atoms with E-state index >= 15 is 0 Å². The zero-order valence-electron chi connectivity index (χ0n) is 12.6. The number of hydrogen-bond donors (Lipinski definition) is 1. The van der Waals surface area contributed by atoms with Crippen LogP contribution in [0, 0.1) is 0 Å². The summed E-state index contributed by atoms with van der Waals surface area (Å²) in [7, 11) is 0. The maximum atomic E-state index is 12.8. The van der Waals surface area contributed by atoms with Crippen molar-refractivity contribution in [2.24, 2.45) is 0 Å². The molecule has 2 unspecified atom stereocenters. The molecule has 1 aromatic carbocycles. The quantitative estimate of drug-likeness (QED) is 0.902. The van der Waals surface area contributed by atoms with E-state index in [1.165, 1.54) is 12.1 Å². The molecule has 1 N–H and O–H groups in total. The standard InChI is InChI=1S/C16H23F3N2/c1-3-8-20-14-7-9-21(12(2)10-14)15-6-4-5-13(11-15)16(17,18)19/h4-6,11-12,14,20H,3,7-10H2,1-2H3. The molecule has 2 atom stereocenters. The monoisotopic (exact) mass is 300 g/mol. The van der Waals surface area contributed by atoms with Gasteiger partial charge in [0.1, 0.15) is 0 Å². The zero-order valence-corrected chi connectivity index (χ0v) is 12.6. The van der Waals surface area contributed by atoms with Gasteiger partial charge in [-0.25, -0.2) is 0 Å². The van der Waals surface area contributed by atoms with Crippen molar-refractivity contribution in [1.29, 1.82) is 0 Å². The van der Waals surface area contributed by atoms with E-state index in [0.29, 0.717) is 11.7 Å². The molecule has 0 aromatic heterocycles. The lowest BCUT2D eigenvalue weighted by Crippen LogP contribution is -2.47. The van der Waals surface area contributed by atoms with Gasteiger partial charge in [-0.1, -0.05) is 13.0 Å². The summed E-state index contributed by atoms with van der Waals surface area (Å²) >= 11 is 0. The molecule has 0 saturated carbocycles. The Kier molecular flexibility index (Phi) is 5.14. The highest BCUT2D eigenvalue weighted by atomic mass is 19.4. The Balaban J connectivity index is 2.06. The second kappa shape index (κ2) is 6.69. The fraction of sp³-hybridized carbons (Fsp3) is 0.625. The van der Waals surface area contributed by atoms with E-state index in [9.17, 15) is 13.2 Å². The smallest absolute Gasteiger partial charge is 0.369 e. The van der Waals surface area contributed by atoms with Crippen LogP contribution in [-0.4, -0.2) is 25.2 Å². The van der Waals surface area contributed by atoms with Crippen LogP contribution in [0.5, 0.6) is 0 Å². The molecule has 5 heteroatoms. The zero-order chi connectivity index (χ0) is 15.5. The maximum Gasteiger partial charge on any atom is 0.416 e. The van der Waals surface area contributed by atoms with E-state index in [2.05, 4.69) is 24.1 Å². The van der Waals surface area contributed by atoms with E-state index in [1.54, 1.807) is 6.07 Å². The molecule has 2 rings (SSSR count). The summed E-state index contributed by atoms with van der Waals surface area (Å²) in [4.78, 5) is 2.08. The number of nitrogens with zero attached hydrogens (tertiary/aromatic N) is 1. The molecule has 118 valence electrons. The van der Waals surface area contributed by atoms with Crippen LogP contribution < -0.4 is 10.2 Å². The number of halogens is 3. The lowest BCUT2D eigenvalue weighted by atomic mass is 9.97. The Hall–Kier alpha value is -1.23. The highest BCUT2D eigenvalue weighted by Crippen LogP contribution is 2.33. The van der Waals surface area contributed by atoms with Gasteiger partial charge in [-0.15, -0.1) is 0 Å². The summed E-state index contributed by atoms with van der Waals surface area (Å²) in [6.07, 6.45) is -1.24. The van der Waals surface area contributed by atoms with E-state index in [-0.39, 0.29) is 6.04 Å². The second-order valence-corrected chi connectivity index (χ2v) is 5.77. The number of benzene rings is 1. The van der Waals surface area contributed by atoms with Crippen molar-refractivity contribution in [1.82, 2.24) is 5.32 Å². The number of anilines is 1. The van der Waals surface area contributed by atoms with Gasteiger partial charge in [0.25, 0.3) is 0 Å². The molecule has 0 spiro atoms. The first-order chi connectivity index (χ1) is 9.91. The Bertz CT molecular complexity index is 459. The van der Waals surface area contributed by atoms with Gasteiger partial charge in [0, 0.05) is 24.3 Å². The molecule has 1 saturated heterocycles. The molecule has 1 aliphatic rings. The average molecular weight is 300 g/mol. The number of hydrogen-bond acceptors (Lipinski definition) is 2. The van der Waals surface area contributed by atoms with Crippen molar-refractivity contribution in [3.8, 4) is 0 Å². The van der Waals surface area contributed by atoms with Crippen LogP contribution >= 0.6 is 0 Å². The molecular weight excluding hydrogens is 277 g/mol. The molecule has 2 nitrogen and oxygen atoms in total. The van der Waals surface area contributed by atoms with Gasteiger partial charge < -0.3 is 10.2 Å². The third kappa shape index (κ3) is 4.13. The first-order valence-corrected chi connectivity index (χ1v) is 7.59. The summed E-state index contributed by atoms with van der Waals surface area (Å²) in [6.45, 7) is 6.01. The molecule has 1 heterocycles. The molecular formula is C16H23F3N2. The van der Waals surface area contributed by atoms with Crippen LogP contribution in [0.3, 0.4) is 0 Å². The Labute approximate surface area is 124 Å². The topological polar surface area (TPSA) is 15.3 Å². The summed E-state index contributed by atoms with van der Waals surface area (Å²) < 4.78 is 38.4. The van der Waals surface area contributed by atoms with Gasteiger partial charge >= 0.3 is 6.18 Å². The summed E-state index contributed by atoms with van der Waals surface area (Å²) in [5.74, 6) is 0. The van der Waals surface area contributed by atoms with Gasteiger partial charge in [0.05, 0.1) is 5.56 Å². The second-order valence-electron chi connectivity index (χ2n) is 5.77. The third-order valence-corrected chi connectivity index (χ3v) is 4.06. The van der Waals surface area contributed by atoms with Crippen molar-refractivity contribution in [3.05, 3.63) is 29.8 Å². The van der Waals surface area contributed by atoms with Gasteiger partial charge in [-0.3, -0.25) is 0 Å². The molecule has 21 heavy (non-hydrogen) atoms. The predicted octanol–water partition coefficient (Wildman–Crippen LogP) is 4.06. The minimum atomic E-state index is -4.28. The Morgan fingerprint density at radius 2 is 2.10 bits per heavy atom. The SMILES string of the molecule is CCCNC1CCN(c2cccc(C(F)(F)F)c2)C(C)C1. The van der Waals surface area contributed by atoms with Gasteiger partial charge in [0.15, 0.2) is 0 Å². The van der Waals surface area contributed by atoms with Crippen LogP contribution in [0.15, 0.2) is 24.3 Å². The number of nitrogens with one attached hydrogen (secondary N) is 1. The van der Waals surface area contributed by atoms with Crippen LogP contribution in [-0.2, 0) is 6.18 Å². The summed E-state index contributed by atoms with van der Waals surface area (Å²) in [6, 6.07) is 6.37. The molecule has 1 aliphatic heterocycles. The molecule has 0 aliphatic carbocycles. The first kappa shape index (κ1) is 16.1. The minimum absolute atomic E-state index is 0.247. The van der Waals surface area contributed by atoms with Crippen LogP contribution in [0.25, 0.3) is 0 Å². The van der Waals surface area contributed by atoms with Gasteiger partial charge in [-0.05, 0) is 50.9 Å². The van der Waals surface area contributed by atoms with E-state index in [0.717, 1.165) is 38.4 Å². The molecule has 0 amide bonds. The van der Waals surface area contributed by atoms with E-state index in [4.69, 9.17) is 0 Å². The lowest BCUT2D eigenvalue weighted by Gasteiger charge is -2.40. The number of rotatable bonds is 4. The highest BCUT2D eigenvalue weighted by molar-refractivity contribution is 5.50. The number of piperidine rings is 1. The number of alkyl halides is 3.